The van der Waals surface area contributed by atoms with Gasteiger partial charge in [-0.25, -0.2) is 4.98 Å². The van der Waals surface area contributed by atoms with Crippen LogP contribution in [-0.4, -0.2) is 14.5 Å². The van der Waals surface area contributed by atoms with Crippen LogP contribution in [0.4, 0.5) is 0 Å². The number of hydrogen-bond acceptors (Lipinski definition) is 2. The third-order valence-electron chi connectivity index (χ3n) is 2.76. The fraction of sp³-hybridized carbons (Fsp3) is 0.0769. The van der Waals surface area contributed by atoms with Gasteiger partial charge in [-0.1, -0.05) is 6.07 Å². The molecule has 0 radical (unpaired) electrons. The first-order valence-electron chi connectivity index (χ1n) is 5.37. The van der Waals surface area contributed by atoms with Crippen molar-refractivity contribution in [2.75, 3.05) is 0 Å². The van der Waals surface area contributed by atoms with Gasteiger partial charge in [-0.05, 0) is 19.1 Å². The van der Waals surface area contributed by atoms with E-state index >= 15 is 0 Å². The van der Waals surface area contributed by atoms with Crippen molar-refractivity contribution in [2.24, 2.45) is 0 Å². The molecule has 0 aliphatic heterocycles. The highest BCUT2D eigenvalue weighted by Crippen LogP contribution is 2.17. The predicted octanol–water partition coefficient (Wildman–Crippen LogP) is 2.02. The van der Waals surface area contributed by atoms with Crippen LogP contribution < -0.4 is 5.43 Å². The maximum atomic E-state index is 11.9. The molecule has 0 aliphatic rings. The van der Waals surface area contributed by atoms with Crippen molar-refractivity contribution >= 4 is 10.9 Å². The minimum atomic E-state index is 0.0400. The fourth-order valence-corrected chi connectivity index (χ4v) is 2.00. The van der Waals surface area contributed by atoms with Crippen LogP contribution in [0.25, 0.3) is 16.6 Å². The molecule has 1 N–H and O–H groups in total. The van der Waals surface area contributed by atoms with Gasteiger partial charge in [0, 0.05) is 29.5 Å². The summed E-state index contributed by atoms with van der Waals surface area (Å²) in [5.41, 5.74) is 2.67. The van der Waals surface area contributed by atoms with E-state index in [0.29, 0.717) is 5.39 Å². The van der Waals surface area contributed by atoms with Gasteiger partial charge in [-0.15, -0.1) is 0 Å². The Morgan fingerprint density at radius 2 is 2.24 bits per heavy atom. The summed E-state index contributed by atoms with van der Waals surface area (Å²) in [5.74, 6) is 0. The lowest BCUT2D eigenvalue weighted by Crippen LogP contribution is -2.05. The molecule has 0 fully saturated rings. The lowest BCUT2D eigenvalue weighted by molar-refractivity contribution is 1.06. The van der Waals surface area contributed by atoms with E-state index in [0.717, 1.165) is 16.9 Å². The summed E-state index contributed by atoms with van der Waals surface area (Å²) in [4.78, 5) is 19.1. The van der Waals surface area contributed by atoms with E-state index in [4.69, 9.17) is 0 Å². The zero-order valence-corrected chi connectivity index (χ0v) is 9.34. The van der Waals surface area contributed by atoms with E-state index in [1.165, 1.54) is 0 Å². The topological polar surface area (TPSA) is 50.7 Å². The highest BCUT2D eigenvalue weighted by molar-refractivity contribution is 5.86. The smallest absolute Gasteiger partial charge is 0.189 e. The largest absolute Gasteiger partial charge is 0.357 e. The summed E-state index contributed by atoms with van der Waals surface area (Å²) in [6, 6.07) is 7.27. The van der Waals surface area contributed by atoms with Crippen LogP contribution in [0, 0.1) is 6.92 Å². The number of hydrogen-bond donors (Lipinski definition) is 1. The van der Waals surface area contributed by atoms with Crippen molar-refractivity contribution in [3.63, 3.8) is 0 Å². The molecule has 4 heteroatoms. The SMILES string of the molecule is Cc1cc(=O)c2cccc(-n3ccnc3)c2[nH]1. The Hall–Kier alpha value is -2.36. The van der Waals surface area contributed by atoms with Crippen molar-refractivity contribution in [1.82, 2.24) is 14.5 Å². The predicted molar refractivity (Wildman–Crippen MR) is 66.4 cm³/mol. The summed E-state index contributed by atoms with van der Waals surface area (Å²) in [7, 11) is 0. The fourth-order valence-electron chi connectivity index (χ4n) is 2.00. The third-order valence-corrected chi connectivity index (χ3v) is 2.76. The Bertz CT molecular complexity index is 726. The Balaban J connectivity index is 2.44. The molecule has 3 rings (SSSR count). The second-order valence-electron chi connectivity index (χ2n) is 3.99. The molecule has 2 heterocycles. The van der Waals surface area contributed by atoms with Crippen LogP contribution in [0.3, 0.4) is 0 Å². The average molecular weight is 225 g/mol. The Morgan fingerprint density at radius 3 is 3.00 bits per heavy atom. The molecule has 3 aromatic rings. The lowest BCUT2D eigenvalue weighted by Gasteiger charge is -2.07. The zero-order chi connectivity index (χ0) is 11.8. The number of rotatable bonds is 1. The van der Waals surface area contributed by atoms with Crippen molar-refractivity contribution in [3.05, 3.63) is 58.9 Å². The first kappa shape index (κ1) is 9.84. The van der Waals surface area contributed by atoms with Gasteiger partial charge in [0.15, 0.2) is 5.43 Å². The van der Waals surface area contributed by atoms with Gasteiger partial charge in [0.2, 0.25) is 0 Å². The number of aromatic amines is 1. The molecule has 0 unspecified atom stereocenters. The van der Waals surface area contributed by atoms with Crippen molar-refractivity contribution < 1.29 is 0 Å². The molecular weight excluding hydrogens is 214 g/mol. The summed E-state index contributed by atoms with van der Waals surface area (Å²) in [5, 5.41) is 0.696. The molecule has 17 heavy (non-hydrogen) atoms. The molecule has 0 saturated carbocycles. The number of nitrogens with zero attached hydrogens (tertiary/aromatic N) is 2. The molecule has 1 aromatic carbocycles. The van der Waals surface area contributed by atoms with Crippen LogP contribution in [0.1, 0.15) is 5.69 Å². The van der Waals surface area contributed by atoms with Crippen LogP contribution in [-0.2, 0) is 0 Å². The van der Waals surface area contributed by atoms with Gasteiger partial charge < -0.3 is 9.55 Å². The van der Waals surface area contributed by atoms with Gasteiger partial charge in [0.1, 0.15) is 0 Å². The Labute approximate surface area is 97.6 Å². The average Bonchev–Trinajstić information content (AvgIpc) is 2.81. The molecule has 84 valence electrons. The van der Waals surface area contributed by atoms with E-state index in [-0.39, 0.29) is 5.43 Å². The minimum absolute atomic E-state index is 0.0400. The number of aromatic nitrogens is 3. The van der Waals surface area contributed by atoms with Crippen LogP contribution >= 0.6 is 0 Å². The minimum Gasteiger partial charge on any atom is -0.357 e. The first-order chi connectivity index (χ1) is 8.25. The van der Waals surface area contributed by atoms with E-state index in [9.17, 15) is 4.79 Å². The van der Waals surface area contributed by atoms with Crippen LogP contribution in [0.15, 0.2) is 47.8 Å². The highest BCUT2D eigenvalue weighted by atomic mass is 16.1. The molecule has 0 spiro atoms. The first-order valence-corrected chi connectivity index (χ1v) is 5.37. The number of H-pyrrole nitrogens is 1. The Morgan fingerprint density at radius 1 is 1.35 bits per heavy atom. The summed E-state index contributed by atoms with van der Waals surface area (Å²) >= 11 is 0. The van der Waals surface area contributed by atoms with E-state index in [1.807, 2.05) is 35.9 Å². The molecule has 4 nitrogen and oxygen atoms in total. The standard InChI is InChI=1S/C13H11N3O/c1-9-7-12(17)10-3-2-4-11(13(10)15-9)16-6-5-14-8-16/h2-8H,1H3,(H,15,17). The summed E-state index contributed by atoms with van der Waals surface area (Å²) in [6.07, 6.45) is 5.29. The number of aryl methyl sites for hydroxylation is 1. The third kappa shape index (κ3) is 1.54. The maximum Gasteiger partial charge on any atom is 0.189 e. The van der Waals surface area contributed by atoms with Crippen LogP contribution in [0.2, 0.25) is 0 Å². The normalized spacial score (nSPS) is 10.9. The van der Waals surface area contributed by atoms with E-state index in [1.54, 1.807) is 18.6 Å². The second-order valence-corrected chi connectivity index (χ2v) is 3.99. The maximum absolute atomic E-state index is 11.9. The highest BCUT2D eigenvalue weighted by Gasteiger charge is 2.05. The van der Waals surface area contributed by atoms with Crippen molar-refractivity contribution in [1.29, 1.82) is 0 Å². The monoisotopic (exact) mass is 225 g/mol. The van der Waals surface area contributed by atoms with Gasteiger partial charge in [0.05, 0.1) is 17.5 Å². The summed E-state index contributed by atoms with van der Waals surface area (Å²) in [6.45, 7) is 1.88. The molecule has 0 atom stereocenters. The number of pyridine rings is 1. The van der Waals surface area contributed by atoms with Gasteiger partial charge >= 0.3 is 0 Å². The number of para-hydroxylation sites is 1. The van der Waals surface area contributed by atoms with Gasteiger partial charge in [-0.2, -0.15) is 0 Å². The van der Waals surface area contributed by atoms with Crippen molar-refractivity contribution in [3.8, 4) is 5.69 Å². The quantitative estimate of drug-likeness (QED) is 0.688. The molecule has 0 bridgehead atoms. The second kappa shape index (κ2) is 3.59. The Kier molecular flexibility index (Phi) is 2.08. The van der Waals surface area contributed by atoms with E-state index in [2.05, 4.69) is 9.97 Å². The van der Waals surface area contributed by atoms with Gasteiger partial charge in [0.25, 0.3) is 0 Å². The summed E-state index contributed by atoms with van der Waals surface area (Å²) < 4.78 is 1.89. The number of fused-ring (bicyclic) bond motifs is 1. The molecule has 0 amide bonds. The van der Waals surface area contributed by atoms with Gasteiger partial charge in [-0.3, -0.25) is 4.79 Å². The van der Waals surface area contributed by atoms with Crippen molar-refractivity contribution in [2.45, 2.75) is 6.92 Å². The molecule has 2 aromatic heterocycles. The van der Waals surface area contributed by atoms with Crippen LogP contribution in [0.5, 0.6) is 0 Å². The zero-order valence-electron chi connectivity index (χ0n) is 9.34. The number of benzene rings is 1. The number of nitrogens with one attached hydrogen (secondary N) is 1. The molecule has 0 saturated heterocycles. The molecular formula is C13H11N3O. The lowest BCUT2D eigenvalue weighted by atomic mass is 10.1. The van der Waals surface area contributed by atoms with E-state index < -0.39 is 0 Å². The molecule has 0 aliphatic carbocycles. The number of imidazole rings is 1.